The standard InChI is InChI=1S/C12H15NO3S2/c1-8(9-2-4-17-6-9)10(14)13-12(11(15)16)3-5-18-7-12/h2,4,6,8H,3,5,7H2,1H3,(H,13,14)(H,15,16). The molecule has 2 unspecified atom stereocenters. The molecular formula is C12H15NO3S2. The molecule has 2 heterocycles. The van der Waals surface area contributed by atoms with Crippen LogP contribution in [0, 0.1) is 0 Å². The smallest absolute Gasteiger partial charge is 0.330 e. The van der Waals surface area contributed by atoms with Gasteiger partial charge in [-0.3, -0.25) is 4.79 Å². The fourth-order valence-corrected chi connectivity index (χ4v) is 3.98. The zero-order chi connectivity index (χ0) is 13.2. The van der Waals surface area contributed by atoms with Gasteiger partial charge in [0.25, 0.3) is 0 Å². The lowest BCUT2D eigenvalue weighted by Crippen LogP contribution is -2.55. The second-order valence-corrected chi connectivity index (χ2v) is 6.34. The number of carbonyl (C=O) groups excluding carboxylic acids is 1. The molecule has 0 aliphatic carbocycles. The minimum Gasteiger partial charge on any atom is -0.479 e. The van der Waals surface area contributed by atoms with Crippen molar-refractivity contribution in [2.45, 2.75) is 24.8 Å². The number of carbonyl (C=O) groups is 2. The molecule has 2 N–H and O–H groups in total. The molecule has 0 bridgehead atoms. The first-order valence-corrected chi connectivity index (χ1v) is 7.80. The van der Waals surface area contributed by atoms with E-state index in [9.17, 15) is 14.7 Å². The van der Waals surface area contributed by atoms with Gasteiger partial charge in [0.1, 0.15) is 5.54 Å². The lowest BCUT2D eigenvalue weighted by atomic mass is 9.96. The molecule has 0 radical (unpaired) electrons. The summed E-state index contributed by atoms with van der Waals surface area (Å²) in [6.45, 7) is 1.80. The van der Waals surface area contributed by atoms with E-state index in [2.05, 4.69) is 5.32 Å². The van der Waals surface area contributed by atoms with E-state index >= 15 is 0 Å². The first-order valence-electron chi connectivity index (χ1n) is 5.70. The van der Waals surface area contributed by atoms with Crippen LogP contribution in [0.15, 0.2) is 16.8 Å². The fraction of sp³-hybridized carbons (Fsp3) is 0.500. The molecule has 1 aromatic heterocycles. The van der Waals surface area contributed by atoms with Crippen LogP contribution < -0.4 is 5.32 Å². The molecule has 1 aromatic rings. The van der Waals surface area contributed by atoms with Crippen molar-refractivity contribution in [3.8, 4) is 0 Å². The highest BCUT2D eigenvalue weighted by Gasteiger charge is 2.43. The Morgan fingerprint density at radius 1 is 1.56 bits per heavy atom. The van der Waals surface area contributed by atoms with E-state index in [1.165, 1.54) is 11.3 Å². The number of amides is 1. The molecule has 0 spiro atoms. The number of aliphatic carboxylic acids is 1. The molecule has 1 fully saturated rings. The van der Waals surface area contributed by atoms with Crippen molar-refractivity contribution in [3.05, 3.63) is 22.4 Å². The Labute approximate surface area is 114 Å². The molecule has 1 amide bonds. The van der Waals surface area contributed by atoms with Gasteiger partial charge in [0, 0.05) is 5.75 Å². The Balaban J connectivity index is 2.08. The fourth-order valence-electron chi connectivity index (χ4n) is 1.90. The highest BCUT2D eigenvalue weighted by molar-refractivity contribution is 7.99. The van der Waals surface area contributed by atoms with Gasteiger partial charge in [0.05, 0.1) is 5.92 Å². The Hall–Kier alpha value is -1.01. The number of rotatable bonds is 4. The van der Waals surface area contributed by atoms with Crippen molar-refractivity contribution < 1.29 is 14.7 Å². The molecule has 4 nitrogen and oxygen atoms in total. The maximum atomic E-state index is 12.1. The zero-order valence-electron chi connectivity index (χ0n) is 10.0. The normalized spacial score (nSPS) is 24.7. The van der Waals surface area contributed by atoms with E-state index in [1.807, 2.05) is 16.8 Å². The molecule has 1 saturated heterocycles. The number of carboxylic acid groups (broad SMARTS) is 1. The number of nitrogens with one attached hydrogen (secondary N) is 1. The number of hydrogen-bond donors (Lipinski definition) is 2. The Morgan fingerprint density at radius 3 is 2.83 bits per heavy atom. The lowest BCUT2D eigenvalue weighted by molar-refractivity contribution is -0.146. The molecule has 98 valence electrons. The third-order valence-corrected chi connectivity index (χ3v) is 5.12. The summed E-state index contributed by atoms with van der Waals surface area (Å²) in [6.07, 6.45) is 0.495. The SMILES string of the molecule is CC(C(=O)NC1(C(=O)O)CCSC1)c1ccsc1. The second kappa shape index (κ2) is 5.32. The highest BCUT2D eigenvalue weighted by atomic mass is 32.2. The predicted octanol–water partition coefficient (Wildman–Crippen LogP) is 1.93. The summed E-state index contributed by atoms with van der Waals surface area (Å²) >= 11 is 3.10. The van der Waals surface area contributed by atoms with E-state index in [4.69, 9.17) is 0 Å². The van der Waals surface area contributed by atoms with Crippen LogP contribution in [0.2, 0.25) is 0 Å². The number of carboxylic acids is 1. The van der Waals surface area contributed by atoms with Gasteiger partial charge < -0.3 is 10.4 Å². The van der Waals surface area contributed by atoms with Crippen LogP contribution in [-0.4, -0.2) is 34.0 Å². The van der Waals surface area contributed by atoms with Gasteiger partial charge in [0.15, 0.2) is 0 Å². The van der Waals surface area contributed by atoms with Gasteiger partial charge in [-0.15, -0.1) is 0 Å². The van der Waals surface area contributed by atoms with Crippen LogP contribution in [0.25, 0.3) is 0 Å². The molecule has 1 aliphatic heterocycles. The van der Waals surface area contributed by atoms with E-state index in [-0.39, 0.29) is 11.8 Å². The second-order valence-electron chi connectivity index (χ2n) is 4.46. The molecular weight excluding hydrogens is 270 g/mol. The van der Waals surface area contributed by atoms with Crippen LogP contribution in [0.1, 0.15) is 24.8 Å². The third-order valence-electron chi connectivity index (χ3n) is 3.23. The number of hydrogen-bond acceptors (Lipinski definition) is 4. The molecule has 18 heavy (non-hydrogen) atoms. The first-order chi connectivity index (χ1) is 8.55. The molecule has 2 atom stereocenters. The molecule has 1 aliphatic rings. The molecule has 6 heteroatoms. The quantitative estimate of drug-likeness (QED) is 0.887. The summed E-state index contributed by atoms with van der Waals surface area (Å²) in [7, 11) is 0. The highest BCUT2D eigenvalue weighted by Crippen LogP contribution is 2.29. The first kappa shape index (κ1) is 13.4. The van der Waals surface area contributed by atoms with Crippen LogP contribution in [0.5, 0.6) is 0 Å². The third kappa shape index (κ3) is 2.54. The summed E-state index contributed by atoms with van der Waals surface area (Å²) in [6, 6.07) is 1.89. The van der Waals surface area contributed by atoms with E-state index in [0.29, 0.717) is 12.2 Å². The summed E-state index contributed by atoms with van der Waals surface area (Å²) in [5.41, 5.74) is -0.143. The minimum absolute atomic E-state index is 0.210. The summed E-state index contributed by atoms with van der Waals surface area (Å²) < 4.78 is 0. The zero-order valence-corrected chi connectivity index (χ0v) is 11.6. The number of thiophene rings is 1. The lowest BCUT2D eigenvalue weighted by Gasteiger charge is -2.26. The van der Waals surface area contributed by atoms with Crippen molar-refractivity contribution in [1.29, 1.82) is 0 Å². The van der Waals surface area contributed by atoms with Gasteiger partial charge in [0.2, 0.25) is 5.91 Å². The maximum absolute atomic E-state index is 12.1. The predicted molar refractivity (Wildman–Crippen MR) is 73.2 cm³/mol. The maximum Gasteiger partial charge on any atom is 0.330 e. The van der Waals surface area contributed by atoms with Crippen molar-refractivity contribution in [2.24, 2.45) is 0 Å². The van der Waals surface area contributed by atoms with Gasteiger partial charge >= 0.3 is 5.97 Å². The summed E-state index contributed by atoms with van der Waals surface area (Å²) in [4.78, 5) is 23.5. The topological polar surface area (TPSA) is 66.4 Å². The number of thioether (sulfide) groups is 1. The summed E-state index contributed by atoms with van der Waals surface area (Å²) in [5, 5.41) is 15.9. The van der Waals surface area contributed by atoms with Gasteiger partial charge in [-0.2, -0.15) is 23.1 Å². The van der Waals surface area contributed by atoms with E-state index < -0.39 is 11.5 Å². The minimum atomic E-state index is -1.08. The van der Waals surface area contributed by atoms with Crippen LogP contribution in [0.3, 0.4) is 0 Å². The van der Waals surface area contributed by atoms with Crippen LogP contribution in [0.4, 0.5) is 0 Å². The average molecular weight is 285 g/mol. The monoisotopic (exact) mass is 285 g/mol. The molecule has 2 rings (SSSR count). The molecule has 0 aromatic carbocycles. The van der Waals surface area contributed by atoms with Gasteiger partial charge in [-0.05, 0) is 41.5 Å². The van der Waals surface area contributed by atoms with E-state index in [0.717, 1.165) is 11.3 Å². The van der Waals surface area contributed by atoms with Gasteiger partial charge in [-0.25, -0.2) is 4.79 Å². The van der Waals surface area contributed by atoms with Crippen molar-refractivity contribution in [1.82, 2.24) is 5.32 Å². The van der Waals surface area contributed by atoms with Crippen LogP contribution in [-0.2, 0) is 9.59 Å². The van der Waals surface area contributed by atoms with Crippen molar-refractivity contribution >= 4 is 35.0 Å². The van der Waals surface area contributed by atoms with Crippen molar-refractivity contribution in [3.63, 3.8) is 0 Å². The summed E-state index contributed by atoms with van der Waals surface area (Å²) in [5.74, 6) is -0.223. The van der Waals surface area contributed by atoms with Crippen LogP contribution >= 0.6 is 23.1 Å². The van der Waals surface area contributed by atoms with Gasteiger partial charge in [-0.1, -0.05) is 0 Å². The Morgan fingerprint density at radius 2 is 2.33 bits per heavy atom. The van der Waals surface area contributed by atoms with E-state index in [1.54, 1.807) is 18.7 Å². The Kier molecular flexibility index (Phi) is 3.97. The molecule has 0 saturated carbocycles. The Bertz CT molecular complexity index is 438. The van der Waals surface area contributed by atoms with Crippen molar-refractivity contribution in [2.75, 3.05) is 11.5 Å². The largest absolute Gasteiger partial charge is 0.479 e. The average Bonchev–Trinajstić information content (AvgIpc) is 2.99.